The van der Waals surface area contributed by atoms with Crippen molar-refractivity contribution in [2.45, 2.75) is 44.4 Å². The van der Waals surface area contributed by atoms with Crippen LogP contribution in [-0.4, -0.2) is 72.3 Å². The van der Waals surface area contributed by atoms with Gasteiger partial charge in [0.15, 0.2) is 5.96 Å². The van der Waals surface area contributed by atoms with Gasteiger partial charge in [0.2, 0.25) is 0 Å². The molecule has 0 atom stereocenters. The number of aliphatic imine (C=N–C) groups is 1. The molecule has 1 aromatic rings. The van der Waals surface area contributed by atoms with E-state index in [0.29, 0.717) is 5.92 Å². The zero-order valence-electron chi connectivity index (χ0n) is 20.3. The Kier molecular flexibility index (Phi) is 13.4. The third-order valence-corrected chi connectivity index (χ3v) is 6.49. The van der Waals surface area contributed by atoms with E-state index < -0.39 is 0 Å². The maximum absolute atomic E-state index is 5.88. The van der Waals surface area contributed by atoms with Crippen LogP contribution >= 0.6 is 24.0 Å². The van der Waals surface area contributed by atoms with Crippen molar-refractivity contribution in [3.63, 3.8) is 0 Å². The number of nitrogens with one attached hydrogen (secondary N) is 2. The summed E-state index contributed by atoms with van der Waals surface area (Å²) in [5.41, 5.74) is 1.31. The largest absolute Gasteiger partial charge is 0.497 e. The van der Waals surface area contributed by atoms with E-state index in [1.165, 1.54) is 5.56 Å². The molecule has 2 saturated heterocycles. The molecule has 2 N–H and O–H groups in total. The minimum Gasteiger partial charge on any atom is -0.497 e. The molecule has 0 unspecified atom stereocenters. The molecule has 1 aromatic carbocycles. The molecular formula is C25H42IN3O4. The molecule has 0 saturated carbocycles. The molecule has 188 valence electrons. The van der Waals surface area contributed by atoms with E-state index in [1.54, 1.807) is 7.11 Å². The van der Waals surface area contributed by atoms with Gasteiger partial charge in [-0.25, -0.2) is 0 Å². The maximum atomic E-state index is 5.88. The number of nitrogens with zero attached hydrogens (tertiary/aromatic N) is 1. The average Bonchev–Trinajstić information content (AvgIpc) is 2.86. The van der Waals surface area contributed by atoms with E-state index in [-0.39, 0.29) is 29.4 Å². The van der Waals surface area contributed by atoms with Crippen LogP contribution < -0.4 is 15.4 Å². The van der Waals surface area contributed by atoms with Crippen molar-refractivity contribution in [3.8, 4) is 5.75 Å². The number of halogens is 1. The lowest BCUT2D eigenvalue weighted by Gasteiger charge is -2.36. The third-order valence-electron chi connectivity index (χ3n) is 6.49. The fourth-order valence-electron chi connectivity index (χ4n) is 4.36. The average molecular weight is 576 g/mol. The van der Waals surface area contributed by atoms with Gasteiger partial charge in [-0.2, -0.15) is 0 Å². The summed E-state index contributed by atoms with van der Waals surface area (Å²) in [5, 5.41) is 6.86. The minimum absolute atomic E-state index is 0. The fourth-order valence-corrected chi connectivity index (χ4v) is 4.36. The highest BCUT2D eigenvalue weighted by Crippen LogP contribution is 2.36. The van der Waals surface area contributed by atoms with Gasteiger partial charge in [-0.3, -0.25) is 4.99 Å². The number of rotatable bonds is 11. The lowest BCUT2D eigenvalue weighted by molar-refractivity contribution is 0.0203. The Morgan fingerprint density at radius 2 is 1.76 bits per heavy atom. The molecule has 8 heteroatoms. The highest BCUT2D eigenvalue weighted by Gasteiger charge is 2.34. The number of hydrogen-bond donors (Lipinski definition) is 2. The lowest BCUT2D eigenvalue weighted by atomic mass is 9.74. The van der Waals surface area contributed by atoms with Gasteiger partial charge >= 0.3 is 0 Å². The molecule has 2 aliphatic heterocycles. The summed E-state index contributed by atoms with van der Waals surface area (Å²) in [6.07, 6.45) is 5.16. The summed E-state index contributed by atoms with van der Waals surface area (Å²) in [4.78, 5) is 4.97. The first-order chi connectivity index (χ1) is 15.8. The van der Waals surface area contributed by atoms with Crippen molar-refractivity contribution < 1.29 is 18.9 Å². The van der Waals surface area contributed by atoms with Crippen LogP contribution in [0.5, 0.6) is 5.75 Å². The molecule has 0 amide bonds. The van der Waals surface area contributed by atoms with E-state index in [9.17, 15) is 0 Å². The first-order valence-corrected chi connectivity index (χ1v) is 12.2. The zero-order valence-corrected chi connectivity index (χ0v) is 22.6. The van der Waals surface area contributed by atoms with E-state index in [2.05, 4.69) is 29.7 Å². The monoisotopic (exact) mass is 575 g/mol. The number of guanidine groups is 1. The van der Waals surface area contributed by atoms with Crippen LogP contribution in [0.25, 0.3) is 0 Å². The highest BCUT2D eigenvalue weighted by molar-refractivity contribution is 14.0. The second-order valence-electron chi connectivity index (χ2n) is 8.73. The summed E-state index contributed by atoms with van der Waals surface area (Å²) in [6.45, 7) is 9.44. The normalized spacial score (nSPS) is 18.9. The van der Waals surface area contributed by atoms with Crippen LogP contribution in [0.2, 0.25) is 0 Å². The Morgan fingerprint density at radius 3 is 2.42 bits per heavy atom. The quantitative estimate of drug-likeness (QED) is 0.181. The highest BCUT2D eigenvalue weighted by atomic mass is 127. The van der Waals surface area contributed by atoms with Gasteiger partial charge in [0, 0.05) is 58.1 Å². The van der Waals surface area contributed by atoms with Gasteiger partial charge in [0.05, 0.1) is 13.7 Å². The summed E-state index contributed by atoms with van der Waals surface area (Å²) in [7, 11) is 1.70. The van der Waals surface area contributed by atoms with Crippen molar-refractivity contribution >= 4 is 29.9 Å². The summed E-state index contributed by atoms with van der Waals surface area (Å²) in [5.74, 6) is 2.41. The fraction of sp³-hybridized carbons (Fsp3) is 0.720. The van der Waals surface area contributed by atoms with Gasteiger partial charge in [0.1, 0.15) is 5.75 Å². The Bertz CT molecular complexity index is 675. The predicted molar refractivity (Wildman–Crippen MR) is 143 cm³/mol. The lowest BCUT2D eigenvalue weighted by Crippen LogP contribution is -2.41. The van der Waals surface area contributed by atoms with E-state index in [0.717, 1.165) is 103 Å². The van der Waals surface area contributed by atoms with Crippen LogP contribution in [0.3, 0.4) is 0 Å². The Labute approximate surface area is 216 Å². The molecule has 0 radical (unpaired) electrons. The summed E-state index contributed by atoms with van der Waals surface area (Å²) >= 11 is 0. The third kappa shape index (κ3) is 9.22. The predicted octanol–water partition coefficient (Wildman–Crippen LogP) is 3.75. The first kappa shape index (κ1) is 28.1. The van der Waals surface area contributed by atoms with Crippen molar-refractivity contribution in [1.82, 2.24) is 10.6 Å². The Hall–Kier alpha value is -1.10. The Balaban J connectivity index is 0.00000385. The van der Waals surface area contributed by atoms with Crippen molar-refractivity contribution in [1.29, 1.82) is 0 Å². The van der Waals surface area contributed by atoms with Gasteiger partial charge in [-0.1, -0.05) is 12.1 Å². The van der Waals surface area contributed by atoms with Gasteiger partial charge in [-0.15, -0.1) is 24.0 Å². The maximum Gasteiger partial charge on any atom is 0.191 e. The van der Waals surface area contributed by atoms with E-state index >= 15 is 0 Å². The van der Waals surface area contributed by atoms with Gasteiger partial charge in [0.25, 0.3) is 0 Å². The molecule has 33 heavy (non-hydrogen) atoms. The van der Waals surface area contributed by atoms with E-state index in [1.807, 2.05) is 12.1 Å². The zero-order chi connectivity index (χ0) is 22.5. The van der Waals surface area contributed by atoms with Crippen molar-refractivity contribution in [2.75, 3.05) is 66.4 Å². The topological polar surface area (TPSA) is 73.3 Å². The molecule has 3 rings (SSSR count). The van der Waals surface area contributed by atoms with Crippen LogP contribution in [0, 0.1) is 5.92 Å². The van der Waals surface area contributed by atoms with Gasteiger partial charge in [-0.05, 0) is 62.6 Å². The van der Waals surface area contributed by atoms with Crippen LogP contribution in [0.1, 0.15) is 44.6 Å². The molecule has 2 fully saturated rings. The van der Waals surface area contributed by atoms with Crippen molar-refractivity contribution in [2.24, 2.45) is 10.9 Å². The standard InChI is InChI=1S/C25H41N3O4.HI/c1-3-26-24(27-13-4-14-32-19-21-9-15-30-16-10-21)28-20-25(11-17-31-18-12-25)22-5-7-23(29-2)8-6-22;/h5-8,21H,3-4,9-20H2,1-2H3,(H2,26,27,28);1H. The smallest absolute Gasteiger partial charge is 0.191 e. The molecule has 7 nitrogen and oxygen atoms in total. The van der Waals surface area contributed by atoms with Crippen LogP contribution in [0.4, 0.5) is 0 Å². The molecule has 0 bridgehead atoms. The minimum atomic E-state index is -0.000303. The molecular weight excluding hydrogens is 533 g/mol. The van der Waals surface area contributed by atoms with E-state index in [4.69, 9.17) is 23.9 Å². The molecule has 0 spiro atoms. The SMILES string of the molecule is CCNC(=NCC1(c2ccc(OC)cc2)CCOCC1)NCCCOCC1CCOCC1.I. The number of ether oxygens (including phenoxy) is 4. The van der Waals surface area contributed by atoms with Crippen molar-refractivity contribution in [3.05, 3.63) is 29.8 Å². The number of hydrogen-bond acceptors (Lipinski definition) is 5. The first-order valence-electron chi connectivity index (χ1n) is 12.2. The number of benzene rings is 1. The van der Waals surface area contributed by atoms with Gasteiger partial charge < -0.3 is 29.6 Å². The molecule has 0 aliphatic carbocycles. The summed E-state index contributed by atoms with van der Waals surface area (Å²) < 4.78 is 22.3. The second kappa shape index (κ2) is 15.7. The molecule has 2 aliphatic rings. The Morgan fingerprint density at radius 1 is 1.06 bits per heavy atom. The number of methoxy groups -OCH3 is 1. The molecule has 0 aromatic heterocycles. The molecule has 2 heterocycles. The summed E-state index contributed by atoms with van der Waals surface area (Å²) in [6, 6.07) is 8.44. The van der Waals surface area contributed by atoms with Crippen LogP contribution in [0.15, 0.2) is 29.3 Å². The second-order valence-corrected chi connectivity index (χ2v) is 8.73. The van der Waals surface area contributed by atoms with Crippen LogP contribution in [-0.2, 0) is 19.6 Å².